The van der Waals surface area contributed by atoms with Crippen molar-refractivity contribution in [3.05, 3.63) is 32.7 Å². The summed E-state index contributed by atoms with van der Waals surface area (Å²) in [4.78, 5) is 0. The molecule has 0 radical (unpaired) electrons. The van der Waals surface area contributed by atoms with E-state index >= 15 is 0 Å². The maximum absolute atomic E-state index is 10.4. The van der Waals surface area contributed by atoms with Crippen LogP contribution in [0.1, 0.15) is 37.4 Å². The van der Waals surface area contributed by atoms with Crippen molar-refractivity contribution in [2.24, 2.45) is 0 Å². The zero-order valence-corrected chi connectivity index (χ0v) is 12.8. The summed E-state index contributed by atoms with van der Waals surface area (Å²) in [6.07, 6.45) is 4.31. The Balaban J connectivity index is 2.11. The van der Waals surface area contributed by atoms with Crippen molar-refractivity contribution in [2.75, 3.05) is 6.54 Å². The van der Waals surface area contributed by atoms with Crippen molar-refractivity contribution >= 4 is 31.9 Å². The van der Waals surface area contributed by atoms with Crippen LogP contribution in [0, 0.1) is 0 Å². The summed E-state index contributed by atoms with van der Waals surface area (Å²) in [5, 5.41) is 13.8. The fourth-order valence-corrected chi connectivity index (χ4v) is 2.90. The Morgan fingerprint density at radius 1 is 1.18 bits per heavy atom. The van der Waals surface area contributed by atoms with Crippen LogP contribution in [0.5, 0.6) is 0 Å². The van der Waals surface area contributed by atoms with Gasteiger partial charge in [0, 0.05) is 15.0 Å². The average molecular weight is 363 g/mol. The summed E-state index contributed by atoms with van der Waals surface area (Å²) in [5.41, 5.74) is 0.972. The zero-order valence-electron chi connectivity index (χ0n) is 9.63. The molecule has 0 spiro atoms. The van der Waals surface area contributed by atoms with Crippen LogP contribution in [-0.2, 0) is 0 Å². The first-order valence-electron chi connectivity index (χ1n) is 6.05. The average Bonchev–Trinajstić information content (AvgIpc) is 2.60. The molecule has 2 unspecified atom stereocenters. The lowest BCUT2D eigenvalue weighted by molar-refractivity contribution is 0.126. The second kappa shape index (κ2) is 6.32. The predicted octanol–water partition coefficient (Wildman–Crippen LogP) is 3.78. The van der Waals surface area contributed by atoms with Gasteiger partial charge in [-0.05, 0) is 68.9 Å². The smallest absolute Gasteiger partial charge is 0.0943 e. The third-order valence-corrected chi connectivity index (χ3v) is 5.14. The maximum Gasteiger partial charge on any atom is 0.0943 e. The molecular formula is C13H17Br2NO. The third kappa shape index (κ3) is 3.53. The molecule has 17 heavy (non-hydrogen) atoms. The van der Waals surface area contributed by atoms with E-state index < -0.39 is 6.10 Å². The fourth-order valence-electron chi connectivity index (χ4n) is 2.25. The van der Waals surface area contributed by atoms with Gasteiger partial charge in [-0.1, -0.05) is 18.9 Å². The van der Waals surface area contributed by atoms with Crippen LogP contribution in [0.15, 0.2) is 27.1 Å². The molecule has 1 aliphatic rings. The van der Waals surface area contributed by atoms with E-state index in [-0.39, 0.29) is 6.04 Å². The van der Waals surface area contributed by atoms with Crippen LogP contribution < -0.4 is 5.32 Å². The molecule has 0 amide bonds. The SMILES string of the molecule is OC(c1ccc(Br)c(Br)c1)C1CCCCCN1. The Morgan fingerprint density at radius 3 is 2.76 bits per heavy atom. The van der Waals surface area contributed by atoms with Gasteiger partial charge in [-0.3, -0.25) is 0 Å². The molecule has 0 saturated carbocycles. The zero-order chi connectivity index (χ0) is 12.3. The molecule has 1 aromatic rings. The van der Waals surface area contributed by atoms with Crippen LogP contribution >= 0.6 is 31.9 Å². The highest BCUT2D eigenvalue weighted by molar-refractivity contribution is 9.13. The molecule has 2 nitrogen and oxygen atoms in total. The first-order chi connectivity index (χ1) is 8.18. The Bertz CT molecular complexity index is 376. The van der Waals surface area contributed by atoms with Crippen molar-refractivity contribution in [3.63, 3.8) is 0 Å². The highest BCUT2D eigenvalue weighted by Gasteiger charge is 2.21. The minimum absolute atomic E-state index is 0.186. The molecule has 0 aromatic heterocycles. The Kier molecular flexibility index (Phi) is 5.03. The summed E-state index contributed by atoms with van der Waals surface area (Å²) in [6, 6.07) is 6.12. The van der Waals surface area contributed by atoms with E-state index in [9.17, 15) is 5.11 Å². The lowest BCUT2D eigenvalue weighted by Gasteiger charge is -2.23. The largest absolute Gasteiger partial charge is 0.387 e. The summed E-state index contributed by atoms with van der Waals surface area (Å²) in [5.74, 6) is 0. The van der Waals surface area contributed by atoms with E-state index in [0.717, 1.165) is 27.5 Å². The first-order valence-corrected chi connectivity index (χ1v) is 7.63. The van der Waals surface area contributed by atoms with Crippen LogP contribution in [-0.4, -0.2) is 17.7 Å². The van der Waals surface area contributed by atoms with E-state index in [0.29, 0.717) is 0 Å². The normalized spacial score (nSPS) is 23.1. The van der Waals surface area contributed by atoms with E-state index in [1.165, 1.54) is 19.3 Å². The van der Waals surface area contributed by atoms with Gasteiger partial charge in [0.2, 0.25) is 0 Å². The van der Waals surface area contributed by atoms with E-state index in [2.05, 4.69) is 37.2 Å². The Hall–Kier alpha value is 0.1000. The van der Waals surface area contributed by atoms with Crippen molar-refractivity contribution in [1.82, 2.24) is 5.32 Å². The molecule has 2 atom stereocenters. The summed E-state index contributed by atoms with van der Waals surface area (Å²) in [7, 11) is 0. The highest BCUT2D eigenvalue weighted by Crippen LogP contribution is 2.29. The molecule has 1 saturated heterocycles. The molecule has 94 valence electrons. The lowest BCUT2D eigenvalue weighted by atomic mass is 9.99. The van der Waals surface area contributed by atoms with Gasteiger partial charge < -0.3 is 10.4 Å². The summed E-state index contributed by atoms with van der Waals surface area (Å²) >= 11 is 6.92. The number of benzene rings is 1. The van der Waals surface area contributed by atoms with Gasteiger partial charge in [-0.15, -0.1) is 0 Å². The third-order valence-electron chi connectivity index (χ3n) is 3.26. The molecule has 1 aliphatic heterocycles. The van der Waals surface area contributed by atoms with Crippen LogP contribution in [0.25, 0.3) is 0 Å². The van der Waals surface area contributed by atoms with E-state index in [4.69, 9.17) is 0 Å². The second-order valence-electron chi connectivity index (χ2n) is 4.53. The van der Waals surface area contributed by atoms with E-state index in [1.54, 1.807) is 0 Å². The highest BCUT2D eigenvalue weighted by atomic mass is 79.9. The monoisotopic (exact) mass is 361 g/mol. The standard InChI is InChI=1S/C13H17Br2NO/c14-10-6-5-9(8-11(10)15)13(17)12-4-2-1-3-7-16-12/h5-6,8,12-13,16-17H,1-4,7H2. The molecule has 2 N–H and O–H groups in total. The number of rotatable bonds is 2. The van der Waals surface area contributed by atoms with Crippen LogP contribution in [0.4, 0.5) is 0 Å². The van der Waals surface area contributed by atoms with Crippen molar-refractivity contribution in [1.29, 1.82) is 0 Å². The number of halogens is 2. The predicted molar refractivity (Wildman–Crippen MR) is 77.1 cm³/mol. The second-order valence-corrected chi connectivity index (χ2v) is 6.24. The quantitative estimate of drug-likeness (QED) is 0.839. The van der Waals surface area contributed by atoms with Gasteiger partial charge in [0.25, 0.3) is 0 Å². The van der Waals surface area contributed by atoms with Crippen molar-refractivity contribution in [2.45, 2.75) is 37.8 Å². The van der Waals surface area contributed by atoms with Gasteiger partial charge >= 0.3 is 0 Å². The number of hydrogen-bond acceptors (Lipinski definition) is 2. The summed E-state index contributed by atoms with van der Waals surface area (Å²) < 4.78 is 2.00. The maximum atomic E-state index is 10.4. The van der Waals surface area contributed by atoms with Crippen LogP contribution in [0.3, 0.4) is 0 Å². The number of aliphatic hydroxyl groups is 1. The topological polar surface area (TPSA) is 32.3 Å². The molecule has 0 bridgehead atoms. The fraction of sp³-hybridized carbons (Fsp3) is 0.538. The first kappa shape index (κ1) is 13.5. The molecule has 4 heteroatoms. The lowest BCUT2D eigenvalue weighted by Crippen LogP contribution is -2.34. The molecule has 2 rings (SSSR count). The number of aliphatic hydroxyl groups excluding tert-OH is 1. The molecule has 1 heterocycles. The van der Waals surface area contributed by atoms with Crippen molar-refractivity contribution in [3.8, 4) is 0 Å². The Morgan fingerprint density at radius 2 is 2.00 bits per heavy atom. The Labute approximate surface area is 119 Å². The molecule has 1 fully saturated rings. The minimum atomic E-state index is -0.419. The van der Waals surface area contributed by atoms with Gasteiger partial charge in [0.15, 0.2) is 0 Å². The van der Waals surface area contributed by atoms with Gasteiger partial charge in [0.05, 0.1) is 6.10 Å². The minimum Gasteiger partial charge on any atom is -0.387 e. The molecule has 0 aliphatic carbocycles. The summed E-state index contributed by atoms with van der Waals surface area (Å²) in [6.45, 7) is 1.01. The van der Waals surface area contributed by atoms with Gasteiger partial charge in [-0.2, -0.15) is 0 Å². The van der Waals surface area contributed by atoms with Crippen molar-refractivity contribution < 1.29 is 5.11 Å². The molecular weight excluding hydrogens is 346 g/mol. The van der Waals surface area contributed by atoms with Gasteiger partial charge in [-0.25, -0.2) is 0 Å². The molecule has 1 aromatic carbocycles. The number of nitrogens with one attached hydrogen (secondary N) is 1. The van der Waals surface area contributed by atoms with Crippen LogP contribution in [0.2, 0.25) is 0 Å². The van der Waals surface area contributed by atoms with E-state index in [1.807, 2.05) is 18.2 Å². The van der Waals surface area contributed by atoms with Gasteiger partial charge in [0.1, 0.15) is 0 Å². The number of hydrogen-bond donors (Lipinski definition) is 2.